The summed E-state index contributed by atoms with van der Waals surface area (Å²) in [7, 11) is 0. The SMILES string of the molecule is CC1=CNC2C=CC(Cl)=NN12. The van der Waals surface area contributed by atoms with Crippen LogP contribution in [-0.2, 0) is 0 Å². The van der Waals surface area contributed by atoms with Crippen molar-refractivity contribution in [2.24, 2.45) is 5.10 Å². The van der Waals surface area contributed by atoms with Gasteiger partial charge in [-0.2, -0.15) is 5.10 Å². The summed E-state index contributed by atoms with van der Waals surface area (Å²) in [6.07, 6.45) is 5.86. The zero-order valence-electron chi connectivity index (χ0n) is 6.08. The highest BCUT2D eigenvalue weighted by Crippen LogP contribution is 2.18. The van der Waals surface area contributed by atoms with E-state index >= 15 is 0 Å². The molecule has 3 nitrogen and oxygen atoms in total. The molecule has 0 amide bonds. The average molecular weight is 170 g/mol. The number of hydrogen-bond acceptors (Lipinski definition) is 3. The lowest BCUT2D eigenvalue weighted by Crippen LogP contribution is -2.33. The quantitative estimate of drug-likeness (QED) is 0.590. The molecule has 0 bridgehead atoms. The van der Waals surface area contributed by atoms with Crippen LogP contribution in [0.3, 0.4) is 0 Å². The highest BCUT2D eigenvalue weighted by Gasteiger charge is 2.22. The van der Waals surface area contributed by atoms with Crippen molar-refractivity contribution >= 4 is 16.8 Å². The van der Waals surface area contributed by atoms with Crippen molar-refractivity contribution < 1.29 is 0 Å². The van der Waals surface area contributed by atoms with Gasteiger partial charge in [-0.1, -0.05) is 11.6 Å². The molecule has 0 spiro atoms. The van der Waals surface area contributed by atoms with Gasteiger partial charge in [-0.25, -0.2) is 5.01 Å². The van der Waals surface area contributed by atoms with Crippen LogP contribution in [0.2, 0.25) is 0 Å². The minimum atomic E-state index is 0.164. The first-order chi connectivity index (χ1) is 5.27. The summed E-state index contributed by atoms with van der Waals surface area (Å²) in [6, 6.07) is 0. The van der Waals surface area contributed by atoms with Crippen molar-refractivity contribution in [1.82, 2.24) is 10.3 Å². The molecular formula is C7H8ClN3. The van der Waals surface area contributed by atoms with Crippen molar-refractivity contribution in [3.63, 3.8) is 0 Å². The van der Waals surface area contributed by atoms with Crippen LogP contribution in [0.15, 0.2) is 29.2 Å². The first kappa shape index (κ1) is 6.73. The molecule has 0 fully saturated rings. The van der Waals surface area contributed by atoms with Crippen LogP contribution >= 0.6 is 11.6 Å². The van der Waals surface area contributed by atoms with E-state index in [0.717, 1.165) is 5.70 Å². The summed E-state index contributed by atoms with van der Waals surface area (Å²) in [6.45, 7) is 1.99. The fraction of sp³-hybridized carbons (Fsp3) is 0.286. The molecule has 0 saturated heterocycles. The Morgan fingerprint density at radius 2 is 2.55 bits per heavy atom. The number of hydrogen-bond donors (Lipinski definition) is 1. The van der Waals surface area contributed by atoms with Gasteiger partial charge in [-0.3, -0.25) is 0 Å². The van der Waals surface area contributed by atoms with E-state index < -0.39 is 0 Å². The van der Waals surface area contributed by atoms with Gasteiger partial charge in [0.2, 0.25) is 0 Å². The van der Waals surface area contributed by atoms with Gasteiger partial charge >= 0.3 is 0 Å². The maximum atomic E-state index is 5.72. The number of rotatable bonds is 0. The van der Waals surface area contributed by atoms with Gasteiger partial charge in [0.15, 0.2) is 0 Å². The van der Waals surface area contributed by atoms with Crippen molar-refractivity contribution in [3.8, 4) is 0 Å². The molecule has 4 heteroatoms. The van der Waals surface area contributed by atoms with Crippen LogP contribution in [0.1, 0.15) is 6.92 Å². The first-order valence-electron chi connectivity index (χ1n) is 3.42. The Bertz CT molecular complexity index is 267. The summed E-state index contributed by atoms with van der Waals surface area (Å²) >= 11 is 5.72. The maximum Gasteiger partial charge on any atom is 0.149 e. The van der Waals surface area contributed by atoms with Crippen molar-refractivity contribution in [3.05, 3.63) is 24.0 Å². The number of nitrogens with one attached hydrogen (secondary N) is 1. The Morgan fingerprint density at radius 3 is 3.36 bits per heavy atom. The lowest BCUT2D eigenvalue weighted by Gasteiger charge is -2.22. The van der Waals surface area contributed by atoms with E-state index in [2.05, 4.69) is 10.4 Å². The lowest BCUT2D eigenvalue weighted by molar-refractivity contribution is 0.316. The molecular weight excluding hydrogens is 162 g/mol. The predicted octanol–water partition coefficient (Wildman–Crippen LogP) is 1.20. The minimum absolute atomic E-state index is 0.164. The van der Waals surface area contributed by atoms with Crippen LogP contribution in [-0.4, -0.2) is 16.3 Å². The Balaban J connectivity index is 2.29. The molecule has 2 aliphatic heterocycles. The molecule has 58 valence electrons. The second-order valence-electron chi connectivity index (χ2n) is 2.52. The Morgan fingerprint density at radius 1 is 1.73 bits per heavy atom. The lowest BCUT2D eigenvalue weighted by atomic mass is 10.4. The number of nitrogens with zero attached hydrogens (tertiary/aromatic N) is 2. The zero-order valence-corrected chi connectivity index (χ0v) is 6.84. The van der Waals surface area contributed by atoms with E-state index in [1.807, 2.05) is 24.2 Å². The van der Waals surface area contributed by atoms with Crippen LogP contribution in [0.5, 0.6) is 0 Å². The number of halogens is 1. The van der Waals surface area contributed by atoms with E-state index in [-0.39, 0.29) is 6.17 Å². The fourth-order valence-corrected chi connectivity index (χ4v) is 1.30. The number of fused-ring (bicyclic) bond motifs is 1. The van der Waals surface area contributed by atoms with Crippen LogP contribution in [0.25, 0.3) is 0 Å². The Labute approximate surface area is 70.0 Å². The minimum Gasteiger partial charge on any atom is -0.365 e. The van der Waals surface area contributed by atoms with E-state index in [0.29, 0.717) is 5.17 Å². The molecule has 0 aromatic rings. The second-order valence-corrected chi connectivity index (χ2v) is 2.91. The molecule has 0 aliphatic carbocycles. The maximum absolute atomic E-state index is 5.72. The molecule has 2 heterocycles. The van der Waals surface area contributed by atoms with Crippen molar-refractivity contribution in [1.29, 1.82) is 0 Å². The Kier molecular flexibility index (Phi) is 1.39. The summed E-state index contributed by atoms with van der Waals surface area (Å²) in [5.41, 5.74) is 1.08. The van der Waals surface area contributed by atoms with Gasteiger partial charge in [0, 0.05) is 6.20 Å². The van der Waals surface area contributed by atoms with Crippen LogP contribution in [0, 0.1) is 0 Å². The van der Waals surface area contributed by atoms with E-state index in [9.17, 15) is 0 Å². The highest BCUT2D eigenvalue weighted by atomic mass is 35.5. The molecule has 11 heavy (non-hydrogen) atoms. The molecule has 1 atom stereocenters. The van der Waals surface area contributed by atoms with Gasteiger partial charge in [-0.15, -0.1) is 0 Å². The van der Waals surface area contributed by atoms with Gasteiger partial charge in [0.25, 0.3) is 0 Å². The van der Waals surface area contributed by atoms with E-state index in [4.69, 9.17) is 11.6 Å². The van der Waals surface area contributed by atoms with Crippen LogP contribution < -0.4 is 5.32 Å². The van der Waals surface area contributed by atoms with Gasteiger partial charge in [-0.05, 0) is 19.1 Å². The number of hydrazone groups is 1. The summed E-state index contributed by atoms with van der Waals surface area (Å²) in [5.74, 6) is 0. The molecule has 2 rings (SSSR count). The fourth-order valence-electron chi connectivity index (χ4n) is 1.15. The van der Waals surface area contributed by atoms with E-state index in [1.54, 1.807) is 6.08 Å². The third-order valence-electron chi connectivity index (χ3n) is 1.71. The van der Waals surface area contributed by atoms with Gasteiger partial charge < -0.3 is 5.32 Å². The molecule has 1 N–H and O–H groups in total. The third kappa shape index (κ3) is 1.01. The molecule has 0 aromatic carbocycles. The molecule has 0 aromatic heterocycles. The predicted molar refractivity (Wildman–Crippen MR) is 44.9 cm³/mol. The van der Waals surface area contributed by atoms with Gasteiger partial charge in [0.1, 0.15) is 11.3 Å². The summed E-state index contributed by atoms with van der Waals surface area (Å²) < 4.78 is 0. The summed E-state index contributed by atoms with van der Waals surface area (Å²) in [4.78, 5) is 0. The van der Waals surface area contributed by atoms with Gasteiger partial charge in [0.05, 0.1) is 5.70 Å². The standard InChI is InChI=1S/C7H8ClN3/c1-5-4-9-7-3-2-6(8)10-11(5)7/h2-4,7,9H,1H3. The van der Waals surface area contributed by atoms with Crippen LogP contribution in [0.4, 0.5) is 0 Å². The van der Waals surface area contributed by atoms with Crippen molar-refractivity contribution in [2.75, 3.05) is 0 Å². The number of allylic oxidation sites excluding steroid dienone is 2. The van der Waals surface area contributed by atoms with Crippen molar-refractivity contribution in [2.45, 2.75) is 13.1 Å². The normalized spacial score (nSPS) is 27.5. The largest absolute Gasteiger partial charge is 0.365 e. The third-order valence-corrected chi connectivity index (χ3v) is 1.91. The zero-order chi connectivity index (χ0) is 7.84. The molecule has 2 aliphatic rings. The monoisotopic (exact) mass is 169 g/mol. The molecule has 0 radical (unpaired) electrons. The second kappa shape index (κ2) is 2.27. The summed E-state index contributed by atoms with van der Waals surface area (Å²) in [5, 5.41) is 9.64. The average Bonchev–Trinajstić information content (AvgIpc) is 2.33. The first-order valence-corrected chi connectivity index (χ1v) is 3.79. The van der Waals surface area contributed by atoms with E-state index in [1.165, 1.54) is 0 Å². The smallest absolute Gasteiger partial charge is 0.149 e. The molecule has 1 unspecified atom stereocenters. The Hall–Kier alpha value is -0.960. The topological polar surface area (TPSA) is 27.6 Å². The highest BCUT2D eigenvalue weighted by molar-refractivity contribution is 6.68. The molecule has 0 saturated carbocycles.